The van der Waals surface area contributed by atoms with E-state index >= 15 is 0 Å². The van der Waals surface area contributed by atoms with E-state index < -0.39 is 0 Å². The molecule has 1 atom stereocenters. The van der Waals surface area contributed by atoms with Gasteiger partial charge in [0.05, 0.1) is 18.9 Å². The summed E-state index contributed by atoms with van der Waals surface area (Å²) in [6.45, 7) is 4.45. The summed E-state index contributed by atoms with van der Waals surface area (Å²) in [7, 11) is 0. The highest BCUT2D eigenvalue weighted by Gasteiger charge is 2.29. The smallest absolute Gasteiger partial charge is 0.221 e. The minimum atomic E-state index is -0.150. The van der Waals surface area contributed by atoms with Crippen molar-refractivity contribution in [3.8, 4) is 11.9 Å². The van der Waals surface area contributed by atoms with Crippen LogP contribution in [0.1, 0.15) is 11.1 Å². The minimum Gasteiger partial charge on any atom is -0.471 e. The number of pyridine rings is 1. The number of hydrogen-bond donors (Lipinski definition) is 2. The van der Waals surface area contributed by atoms with Crippen molar-refractivity contribution in [2.45, 2.75) is 12.5 Å². The molecule has 1 unspecified atom stereocenters. The van der Waals surface area contributed by atoms with Crippen molar-refractivity contribution in [3.63, 3.8) is 0 Å². The van der Waals surface area contributed by atoms with E-state index in [9.17, 15) is 0 Å². The van der Waals surface area contributed by atoms with Crippen LogP contribution in [0, 0.1) is 11.3 Å². The molecule has 0 bridgehead atoms. The van der Waals surface area contributed by atoms with Crippen LogP contribution in [0.2, 0.25) is 0 Å². The van der Waals surface area contributed by atoms with Gasteiger partial charge < -0.3 is 20.9 Å². The molecule has 18 heavy (non-hydrogen) atoms. The number of aromatic nitrogens is 1. The molecule has 1 aromatic heterocycles. The fraction of sp³-hybridized carbons (Fsp3) is 0.333. The highest BCUT2D eigenvalue weighted by atomic mass is 16.5. The van der Waals surface area contributed by atoms with E-state index in [2.05, 4.69) is 11.6 Å². The Morgan fingerprint density at radius 2 is 2.39 bits per heavy atom. The molecule has 1 aliphatic heterocycles. The first-order chi connectivity index (χ1) is 8.67. The quantitative estimate of drug-likeness (QED) is 0.595. The lowest BCUT2D eigenvalue weighted by molar-refractivity contribution is 0.0743. The van der Waals surface area contributed by atoms with E-state index in [1.165, 1.54) is 0 Å². The molecule has 0 radical (unpaired) electrons. The van der Waals surface area contributed by atoms with E-state index in [1.54, 1.807) is 6.08 Å². The zero-order valence-corrected chi connectivity index (χ0v) is 9.85. The third kappa shape index (κ3) is 2.08. The normalized spacial score (nSPS) is 16.7. The largest absolute Gasteiger partial charge is 0.471 e. The first-order valence-corrected chi connectivity index (χ1v) is 5.50. The molecule has 0 aliphatic carbocycles. The molecule has 2 heterocycles. The van der Waals surface area contributed by atoms with Gasteiger partial charge in [-0.15, -0.1) is 6.58 Å². The average molecular weight is 246 g/mol. The van der Waals surface area contributed by atoms with Crippen molar-refractivity contribution >= 4 is 11.5 Å². The number of nitrogen functional groups attached to an aromatic ring is 2. The SMILES string of the molecule is C=CCOCC1Cc2c(nc(N)c(C#N)c2N)O1. The Hall–Kier alpha value is -2.26. The maximum atomic E-state index is 8.94. The molecule has 2 rings (SSSR count). The first-order valence-electron chi connectivity index (χ1n) is 5.50. The minimum absolute atomic E-state index is 0.0985. The van der Waals surface area contributed by atoms with E-state index in [0.29, 0.717) is 31.2 Å². The lowest BCUT2D eigenvalue weighted by Gasteiger charge is -2.09. The Morgan fingerprint density at radius 3 is 3.06 bits per heavy atom. The monoisotopic (exact) mass is 246 g/mol. The molecule has 1 aliphatic rings. The summed E-state index contributed by atoms with van der Waals surface area (Å²) in [6, 6.07) is 1.95. The molecule has 0 saturated carbocycles. The van der Waals surface area contributed by atoms with Crippen LogP contribution >= 0.6 is 0 Å². The van der Waals surface area contributed by atoms with Crippen LogP contribution in [0.3, 0.4) is 0 Å². The highest BCUT2D eigenvalue weighted by molar-refractivity contribution is 5.71. The molecule has 0 amide bonds. The second kappa shape index (κ2) is 4.94. The van der Waals surface area contributed by atoms with E-state index in [-0.39, 0.29) is 17.5 Å². The van der Waals surface area contributed by atoms with Crippen LogP contribution in [0.15, 0.2) is 12.7 Å². The van der Waals surface area contributed by atoms with E-state index in [0.717, 1.165) is 5.56 Å². The Balaban J connectivity index is 2.17. The van der Waals surface area contributed by atoms with Crippen molar-refractivity contribution in [3.05, 3.63) is 23.8 Å². The number of anilines is 2. The summed E-state index contributed by atoms with van der Waals surface area (Å²) >= 11 is 0. The predicted octanol–water partition coefficient (Wildman–Crippen LogP) is 0.624. The highest BCUT2D eigenvalue weighted by Crippen LogP contribution is 2.35. The van der Waals surface area contributed by atoms with Gasteiger partial charge in [-0.3, -0.25) is 0 Å². The van der Waals surface area contributed by atoms with Crippen molar-refractivity contribution in [2.24, 2.45) is 0 Å². The van der Waals surface area contributed by atoms with E-state index in [1.807, 2.05) is 6.07 Å². The van der Waals surface area contributed by atoms with Crippen LogP contribution in [-0.4, -0.2) is 24.3 Å². The molecule has 6 heteroatoms. The van der Waals surface area contributed by atoms with Crippen LogP contribution in [0.5, 0.6) is 5.88 Å². The first kappa shape index (κ1) is 12.2. The molecule has 94 valence electrons. The van der Waals surface area contributed by atoms with Gasteiger partial charge in [-0.25, -0.2) is 0 Å². The summed E-state index contributed by atoms with van der Waals surface area (Å²) < 4.78 is 10.9. The maximum absolute atomic E-state index is 8.94. The number of nitrogens with zero attached hydrogens (tertiary/aromatic N) is 2. The standard InChI is InChI=1S/C12H14N4O2/c1-2-3-17-6-7-4-8-10(14)9(5-13)11(15)16-12(8)18-7/h2,7H,1,3-4,6H2,(H4,14,15,16). The van der Waals surface area contributed by atoms with Crippen LogP contribution in [-0.2, 0) is 11.2 Å². The molecular formula is C12H14N4O2. The van der Waals surface area contributed by atoms with Gasteiger partial charge in [0.1, 0.15) is 23.6 Å². The number of rotatable bonds is 4. The van der Waals surface area contributed by atoms with Crippen LogP contribution in [0.4, 0.5) is 11.5 Å². The van der Waals surface area contributed by atoms with Gasteiger partial charge in [0.2, 0.25) is 5.88 Å². The maximum Gasteiger partial charge on any atom is 0.221 e. The molecule has 0 fully saturated rings. The number of nitrogens with two attached hydrogens (primary N) is 2. The Labute approximate surface area is 105 Å². The summed E-state index contributed by atoms with van der Waals surface area (Å²) in [5.74, 6) is 0.498. The number of nitriles is 1. The number of ether oxygens (including phenoxy) is 2. The second-order valence-corrected chi connectivity index (χ2v) is 3.95. The van der Waals surface area contributed by atoms with Gasteiger partial charge >= 0.3 is 0 Å². The molecule has 0 spiro atoms. The molecule has 1 aromatic rings. The zero-order valence-electron chi connectivity index (χ0n) is 9.85. The van der Waals surface area contributed by atoms with E-state index in [4.69, 9.17) is 26.2 Å². The Bertz CT molecular complexity index is 522. The molecular weight excluding hydrogens is 232 g/mol. The lowest BCUT2D eigenvalue weighted by Crippen LogP contribution is -2.20. The average Bonchev–Trinajstić information content (AvgIpc) is 2.73. The van der Waals surface area contributed by atoms with Crippen LogP contribution < -0.4 is 16.2 Å². The predicted molar refractivity (Wildman–Crippen MR) is 66.9 cm³/mol. The van der Waals surface area contributed by atoms with Gasteiger partial charge in [0, 0.05) is 12.0 Å². The molecule has 0 aromatic carbocycles. The third-order valence-electron chi connectivity index (χ3n) is 2.69. The molecule has 4 N–H and O–H groups in total. The summed E-state index contributed by atoms with van der Waals surface area (Å²) in [5, 5.41) is 8.94. The van der Waals surface area contributed by atoms with Gasteiger partial charge in [0.25, 0.3) is 0 Å². The topological polar surface area (TPSA) is 107 Å². The number of hydrogen-bond acceptors (Lipinski definition) is 6. The van der Waals surface area contributed by atoms with Gasteiger partial charge in [-0.1, -0.05) is 6.08 Å². The van der Waals surface area contributed by atoms with Gasteiger partial charge in [-0.2, -0.15) is 10.2 Å². The summed E-state index contributed by atoms with van der Waals surface area (Å²) in [5.41, 5.74) is 12.8. The fourth-order valence-corrected chi connectivity index (χ4v) is 1.85. The Morgan fingerprint density at radius 1 is 1.61 bits per heavy atom. The third-order valence-corrected chi connectivity index (χ3v) is 2.69. The van der Waals surface area contributed by atoms with Gasteiger partial charge in [0.15, 0.2) is 0 Å². The zero-order chi connectivity index (χ0) is 13.1. The van der Waals surface area contributed by atoms with Crippen molar-refractivity contribution in [1.82, 2.24) is 4.98 Å². The van der Waals surface area contributed by atoms with Crippen molar-refractivity contribution in [2.75, 3.05) is 24.7 Å². The summed E-state index contributed by atoms with van der Waals surface area (Å²) in [4.78, 5) is 4.04. The lowest BCUT2D eigenvalue weighted by atomic mass is 10.1. The van der Waals surface area contributed by atoms with Crippen LogP contribution in [0.25, 0.3) is 0 Å². The second-order valence-electron chi connectivity index (χ2n) is 3.95. The number of fused-ring (bicyclic) bond motifs is 1. The van der Waals surface area contributed by atoms with Crippen molar-refractivity contribution < 1.29 is 9.47 Å². The van der Waals surface area contributed by atoms with Crippen molar-refractivity contribution in [1.29, 1.82) is 5.26 Å². The molecule has 6 nitrogen and oxygen atoms in total. The summed E-state index contributed by atoms with van der Waals surface area (Å²) in [6.07, 6.45) is 2.09. The van der Waals surface area contributed by atoms with Gasteiger partial charge in [-0.05, 0) is 0 Å². The Kier molecular flexibility index (Phi) is 3.35. The fourth-order valence-electron chi connectivity index (χ4n) is 1.85. The molecule has 0 saturated heterocycles.